The van der Waals surface area contributed by atoms with Gasteiger partial charge in [-0.05, 0) is 6.07 Å². The number of para-hydroxylation sites is 1. The number of morpholine rings is 1. The first-order chi connectivity index (χ1) is 8.77. The molecule has 1 amide bonds. The number of rotatable bonds is 0. The fourth-order valence-corrected chi connectivity index (χ4v) is 2.85. The maximum absolute atomic E-state index is 11.7. The molecule has 2 aliphatic heterocycles. The summed E-state index contributed by atoms with van der Waals surface area (Å²) in [5.41, 5.74) is 1.06. The van der Waals surface area contributed by atoms with Crippen molar-refractivity contribution in [1.82, 2.24) is 4.90 Å². The van der Waals surface area contributed by atoms with E-state index >= 15 is 0 Å². The molecule has 2 aliphatic rings. The van der Waals surface area contributed by atoms with Crippen LogP contribution in [-0.2, 0) is 9.53 Å². The van der Waals surface area contributed by atoms with Gasteiger partial charge in [0.2, 0.25) is 5.91 Å². The largest absolute Gasteiger partial charge is 0.493 e. The smallest absolute Gasteiger partial charge is 0.219 e. The lowest BCUT2D eigenvalue weighted by molar-refractivity contribution is -0.144. The number of ether oxygens (including phenoxy) is 2. The van der Waals surface area contributed by atoms with Crippen LogP contribution >= 0.6 is 0 Å². The van der Waals surface area contributed by atoms with E-state index in [-0.39, 0.29) is 18.1 Å². The van der Waals surface area contributed by atoms with Gasteiger partial charge >= 0.3 is 0 Å². The van der Waals surface area contributed by atoms with Crippen molar-refractivity contribution in [2.24, 2.45) is 0 Å². The van der Waals surface area contributed by atoms with Gasteiger partial charge in [0, 0.05) is 25.5 Å². The number of amides is 1. The van der Waals surface area contributed by atoms with Crippen molar-refractivity contribution >= 4 is 5.91 Å². The van der Waals surface area contributed by atoms with Gasteiger partial charge in [-0.2, -0.15) is 0 Å². The molecule has 0 aliphatic carbocycles. The maximum Gasteiger partial charge on any atom is 0.219 e. The highest BCUT2D eigenvalue weighted by molar-refractivity contribution is 5.74. The molecule has 0 aromatic heterocycles. The van der Waals surface area contributed by atoms with Crippen LogP contribution in [-0.4, -0.2) is 36.6 Å². The summed E-state index contributed by atoms with van der Waals surface area (Å²) in [4.78, 5) is 13.6. The highest BCUT2D eigenvalue weighted by Gasteiger charge is 2.37. The van der Waals surface area contributed by atoms with Crippen LogP contribution in [0.4, 0.5) is 0 Å². The minimum atomic E-state index is -0.0543. The van der Waals surface area contributed by atoms with Gasteiger partial charge in [-0.1, -0.05) is 18.2 Å². The molecule has 1 fully saturated rings. The summed E-state index contributed by atoms with van der Waals surface area (Å²) < 4.78 is 11.6. The molecule has 2 atom stereocenters. The molecule has 1 aromatic rings. The summed E-state index contributed by atoms with van der Waals surface area (Å²) in [7, 11) is 0. The number of nitrogens with zero attached hydrogens (tertiary/aromatic N) is 1. The van der Waals surface area contributed by atoms with Crippen molar-refractivity contribution in [3.63, 3.8) is 0 Å². The van der Waals surface area contributed by atoms with Crippen LogP contribution in [0.15, 0.2) is 24.3 Å². The molecule has 0 N–H and O–H groups in total. The van der Waals surface area contributed by atoms with E-state index in [1.165, 1.54) is 0 Å². The van der Waals surface area contributed by atoms with Gasteiger partial charge in [0.1, 0.15) is 11.9 Å². The van der Waals surface area contributed by atoms with Crippen molar-refractivity contribution in [2.45, 2.75) is 25.5 Å². The van der Waals surface area contributed by atoms with E-state index in [4.69, 9.17) is 9.47 Å². The summed E-state index contributed by atoms with van der Waals surface area (Å²) in [6.45, 7) is 3.53. The number of hydrogen-bond donors (Lipinski definition) is 0. The molecule has 2 heterocycles. The van der Waals surface area contributed by atoms with Crippen molar-refractivity contribution in [1.29, 1.82) is 0 Å². The third-order valence-electron chi connectivity index (χ3n) is 3.68. The van der Waals surface area contributed by atoms with Crippen molar-refractivity contribution in [3.05, 3.63) is 29.8 Å². The first-order valence-corrected chi connectivity index (χ1v) is 6.38. The minimum absolute atomic E-state index is 0.0543. The lowest BCUT2D eigenvalue weighted by atomic mass is 9.97. The molecule has 1 saturated heterocycles. The molecule has 0 unspecified atom stereocenters. The molecular weight excluding hydrogens is 230 g/mol. The number of carbonyl (C=O) groups excluding carboxylic acids is 1. The molecule has 0 spiro atoms. The van der Waals surface area contributed by atoms with Crippen LogP contribution in [0.1, 0.15) is 25.0 Å². The topological polar surface area (TPSA) is 38.8 Å². The molecule has 18 heavy (non-hydrogen) atoms. The van der Waals surface area contributed by atoms with Gasteiger partial charge in [0.05, 0.1) is 19.3 Å². The van der Waals surface area contributed by atoms with Gasteiger partial charge in [-0.25, -0.2) is 0 Å². The molecule has 4 heteroatoms. The van der Waals surface area contributed by atoms with Crippen LogP contribution in [0.3, 0.4) is 0 Å². The quantitative estimate of drug-likeness (QED) is 0.701. The lowest BCUT2D eigenvalue weighted by Crippen LogP contribution is -2.49. The second-order valence-corrected chi connectivity index (χ2v) is 4.75. The van der Waals surface area contributed by atoms with Crippen LogP contribution in [0.25, 0.3) is 0 Å². The van der Waals surface area contributed by atoms with Gasteiger partial charge in [-0.3, -0.25) is 4.79 Å². The average Bonchev–Trinajstić information content (AvgIpc) is 2.57. The zero-order valence-electron chi connectivity index (χ0n) is 10.5. The molecule has 0 radical (unpaired) electrons. The lowest BCUT2D eigenvalue weighted by Gasteiger charge is -2.39. The highest BCUT2D eigenvalue weighted by Crippen LogP contribution is 2.38. The number of benzene rings is 1. The van der Waals surface area contributed by atoms with E-state index < -0.39 is 0 Å². The summed E-state index contributed by atoms with van der Waals surface area (Å²) >= 11 is 0. The Balaban J connectivity index is 1.98. The number of hydrogen-bond acceptors (Lipinski definition) is 3. The monoisotopic (exact) mass is 247 g/mol. The zero-order chi connectivity index (χ0) is 12.5. The third kappa shape index (κ3) is 1.86. The Labute approximate surface area is 106 Å². The number of carbonyl (C=O) groups is 1. The first kappa shape index (κ1) is 11.5. The van der Waals surface area contributed by atoms with Crippen molar-refractivity contribution < 1.29 is 14.3 Å². The normalized spacial score (nSPS) is 26.6. The molecule has 1 aromatic carbocycles. The Bertz CT molecular complexity index is 460. The third-order valence-corrected chi connectivity index (χ3v) is 3.68. The van der Waals surface area contributed by atoms with Crippen molar-refractivity contribution in [2.75, 3.05) is 19.8 Å². The van der Waals surface area contributed by atoms with Gasteiger partial charge in [0.15, 0.2) is 0 Å². The SMILES string of the molecule is CC(=O)N1CCO[C@H]2c3ccccc3OCC[C@@H]21. The Morgan fingerprint density at radius 2 is 2.17 bits per heavy atom. The van der Waals surface area contributed by atoms with E-state index in [2.05, 4.69) is 0 Å². The van der Waals surface area contributed by atoms with Crippen LogP contribution < -0.4 is 4.74 Å². The Morgan fingerprint density at radius 3 is 3.00 bits per heavy atom. The first-order valence-electron chi connectivity index (χ1n) is 6.38. The minimum Gasteiger partial charge on any atom is -0.493 e. The summed E-state index contributed by atoms with van der Waals surface area (Å²) in [6.07, 6.45) is 0.764. The second kappa shape index (κ2) is 4.61. The average molecular weight is 247 g/mol. The molecule has 4 nitrogen and oxygen atoms in total. The predicted molar refractivity (Wildman–Crippen MR) is 66.4 cm³/mol. The van der Waals surface area contributed by atoms with E-state index in [9.17, 15) is 4.79 Å². The highest BCUT2D eigenvalue weighted by atomic mass is 16.5. The summed E-state index contributed by atoms with van der Waals surface area (Å²) in [5, 5.41) is 0. The maximum atomic E-state index is 11.7. The molecule has 0 saturated carbocycles. The summed E-state index contributed by atoms with van der Waals surface area (Å²) in [5.74, 6) is 1.00. The Morgan fingerprint density at radius 1 is 1.33 bits per heavy atom. The second-order valence-electron chi connectivity index (χ2n) is 4.75. The fraction of sp³-hybridized carbons (Fsp3) is 0.500. The predicted octanol–water partition coefficient (Wildman–Crippen LogP) is 1.76. The van der Waals surface area contributed by atoms with Gasteiger partial charge in [0.25, 0.3) is 0 Å². The van der Waals surface area contributed by atoms with Gasteiger partial charge in [-0.15, -0.1) is 0 Å². The molecular formula is C14H17NO3. The van der Waals surface area contributed by atoms with Crippen LogP contribution in [0.2, 0.25) is 0 Å². The Kier molecular flexibility index (Phi) is 2.96. The van der Waals surface area contributed by atoms with E-state index in [1.807, 2.05) is 29.2 Å². The van der Waals surface area contributed by atoms with Gasteiger partial charge < -0.3 is 14.4 Å². The van der Waals surface area contributed by atoms with Crippen LogP contribution in [0, 0.1) is 0 Å². The van der Waals surface area contributed by atoms with E-state index in [0.29, 0.717) is 19.8 Å². The molecule has 0 bridgehead atoms. The molecule has 96 valence electrons. The van der Waals surface area contributed by atoms with E-state index in [1.54, 1.807) is 6.92 Å². The molecule has 3 rings (SSSR count). The summed E-state index contributed by atoms with van der Waals surface area (Å²) in [6, 6.07) is 8.04. The van der Waals surface area contributed by atoms with E-state index in [0.717, 1.165) is 17.7 Å². The standard InChI is InChI=1S/C14H17NO3/c1-10(16)15-7-9-18-14-11-4-2-3-5-13(11)17-8-6-12(14)15/h2-5,12,14H,6-9H2,1H3/t12-,14-/m0/s1. The Hall–Kier alpha value is -1.55. The van der Waals surface area contributed by atoms with Crippen molar-refractivity contribution in [3.8, 4) is 5.75 Å². The fourth-order valence-electron chi connectivity index (χ4n) is 2.85. The number of fused-ring (bicyclic) bond motifs is 3. The van der Waals surface area contributed by atoms with Crippen LogP contribution in [0.5, 0.6) is 5.75 Å². The zero-order valence-corrected chi connectivity index (χ0v) is 10.5.